The average molecular weight is 926 g/mol. The smallest absolute Gasteiger partial charge is 0.149 e. The highest BCUT2D eigenvalue weighted by Crippen LogP contribution is 2.44. The lowest BCUT2D eigenvalue weighted by Gasteiger charge is -2.26. The van der Waals surface area contributed by atoms with Gasteiger partial charge in [-0.25, -0.2) is 4.98 Å². The van der Waals surface area contributed by atoms with Gasteiger partial charge in [-0.15, -0.1) is 0 Å². The Balaban J connectivity index is 1.37. The van der Waals surface area contributed by atoms with Gasteiger partial charge in [-0.3, -0.25) is 9.55 Å². The third-order valence-corrected chi connectivity index (χ3v) is 13.4. The summed E-state index contributed by atoms with van der Waals surface area (Å²) in [7, 11) is 0. The zero-order valence-corrected chi connectivity index (χ0v) is 42.6. The minimum absolute atomic E-state index is 0.0521. The molecule has 0 atom stereocenters. The monoisotopic (exact) mass is 926 g/mol. The van der Waals surface area contributed by atoms with E-state index < -0.39 is 32.8 Å². The Hall–Kier alpha value is -6.26. The molecule has 0 radical (unpaired) electrons. The minimum Gasteiger partial charge on any atom is -0.507 e. The lowest BCUT2D eigenvalue weighted by atomic mass is 9.79. The molecule has 0 unspecified atom stereocenters. The number of hydrogen-bond donors (Lipinski definition) is 1. The van der Waals surface area contributed by atoms with Gasteiger partial charge in [-0.1, -0.05) is 183 Å². The van der Waals surface area contributed by atoms with Crippen molar-refractivity contribution in [2.24, 2.45) is 0 Å². The number of aromatic hydroxyl groups is 1. The second-order valence-corrected chi connectivity index (χ2v) is 22.6. The van der Waals surface area contributed by atoms with E-state index in [0.29, 0.717) is 44.9 Å². The fourth-order valence-electron chi connectivity index (χ4n) is 9.00. The standard InChI is InChI=1S/C65H75N3O/c1-39(2)45-35-54(40(3)4)60(69)55(36-45)61-67-59-53(47-30-48(34-50(33-47)63(9,10)11)56-37-44(27-28-66-56)42-21-24-49(25-22-42)62(6,7)8)19-18-20-58(59)68(61)57-26-23-43(29-41(57)5)46-31-51(64(12,13)14)38-52(32-46)65(15,16)17/h18-40,69H,1-17H3/i5D3,6D3,7D3,8D3. The first-order valence-electron chi connectivity index (χ1n) is 30.1. The summed E-state index contributed by atoms with van der Waals surface area (Å²) in [5, 5.41) is 12.4. The molecule has 0 aliphatic heterocycles. The summed E-state index contributed by atoms with van der Waals surface area (Å²) >= 11 is 0. The number of para-hydroxylation sites is 1. The summed E-state index contributed by atoms with van der Waals surface area (Å²) < 4.78 is 103. The summed E-state index contributed by atoms with van der Waals surface area (Å²) in [5.41, 5.74) is 8.81. The quantitative estimate of drug-likeness (QED) is 0.165. The van der Waals surface area contributed by atoms with Gasteiger partial charge in [0.25, 0.3) is 0 Å². The molecular formula is C65H75N3O. The fraction of sp³-hybridized carbons (Fsp3) is 0.354. The maximum atomic E-state index is 12.4. The van der Waals surface area contributed by atoms with Crippen molar-refractivity contribution in [1.82, 2.24) is 14.5 Å². The zero-order chi connectivity index (χ0) is 60.1. The maximum absolute atomic E-state index is 12.4. The average Bonchev–Trinajstić information content (AvgIpc) is 4.00. The highest BCUT2D eigenvalue weighted by molar-refractivity contribution is 5.97. The maximum Gasteiger partial charge on any atom is 0.149 e. The number of hydrogen-bond acceptors (Lipinski definition) is 3. The highest BCUT2D eigenvalue weighted by atomic mass is 16.3. The summed E-state index contributed by atoms with van der Waals surface area (Å²) in [4.78, 5) is 10.3. The fourth-order valence-corrected chi connectivity index (χ4v) is 9.00. The molecule has 2 heterocycles. The van der Waals surface area contributed by atoms with E-state index in [0.717, 1.165) is 55.6 Å². The first-order chi connectivity index (χ1) is 37.1. The van der Waals surface area contributed by atoms with Gasteiger partial charge in [0, 0.05) is 33.8 Å². The van der Waals surface area contributed by atoms with Crippen LogP contribution in [0.1, 0.15) is 178 Å². The molecule has 8 rings (SSSR count). The van der Waals surface area contributed by atoms with Crippen LogP contribution in [-0.4, -0.2) is 19.6 Å². The van der Waals surface area contributed by atoms with Crippen LogP contribution in [-0.2, 0) is 21.7 Å². The molecule has 2 aromatic heterocycles. The van der Waals surface area contributed by atoms with Crippen LogP contribution in [0.5, 0.6) is 5.75 Å². The van der Waals surface area contributed by atoms with Crippen molar-refractivity contribution in [2.45, 2.75) is 151 Å². The third kappa shape index (κ3) is 9.96. The Labute approximate surface area is 430 Å². The topological polar surface area (TPSA) is 50.9 Å². The molecule has 0 saturated carbocycles. The van der Waals surface area contributed by atoms with Crippen LogP contribution in [0.3, 0.4) is 0 Å². The predicted molar refractivity (Wildman–Crippen MR) is 295 cm³/mol. The number of imidazole rings is 1. The number of aryl methyl sites for hydroxylation is 1. The van der Waals surface area contributed by atoms with Gasteiger partial charge in [-0.2, -0.15) is 0 Å². The van der Waals surface area contributed by atoms with E-state index in [1.54, 1.807) is 18.3 Å². The lowest BCUT2D eigenvalue weighted by molar-refractivity contribution is 0.466. The van der Waals surface area contributed by atoms with E-state index in [1.807, 2.05) is 73.0 Å². The van der Waals surface area contributed by atoms with Crippen LogP contribution in [0.15, 0.2) is 128 Å². The van der Waals surface area contributed by atoms with E-state index in [2.05, 4.69) is 106 Å². The van der Waals surface area contributed by atoms with E-state index in [4.69, 9.17) is 22.3 Å². The summed E-state index contributed by atoms with van der Waals surface area (Å²) in [6.45, 7) is 14.9. The van der Waals surface area contributed by atoms with Gasteiger partial charge in [0.05, 0.1) is 28.0 Å². The van der Waals surface area contributed by atoms with Crippen molar-refractivity contribution in [1.29, 1.82) is 0 Å². The van der Waals surface area contributed by atoms with Crippen LogP contribution >= 0.6 is 0 Å². The molecule has 4 heteroatoms. The number of phenols is 1. The van der Waals surface area contributed by atoms with E-state index in [-0.39, 0.29) is 45.0 Å². The number of pyridine rings is 1. The van der Waals surface area contributed by atoms with Crippen molar-refractivity contribution in [3.63, 3.8) is 0 Å². The van der Waals surface area contributed by atoms with Crippen molar-refractivity contribution in [3.8, 4) is 67.5 Å². The molecule has 8 aromatic rings. The molecule has 0 aliphatic rings. The predicted octanol–water partition coefficient (Wildman–Crippen LogP) is 18.2. The Bertz CT molecular complexity index is 3600. The van der Waals surface area contributed by atoms with E-state index >= 15 is 0 Å². The Morgan fingerprint density at radius 3 is 1.74 bits per heavy atom. The molecular weight excluding hydrogens is 839 g/mol. The summed E-state index contributed by atoms with van der Waals surface area (Å²) in [6.07, 6.45) is 1.65. The normalized spacial score (nSPS) is 16.0. The van der Waals surface area contributed by atoms with Gasteiger partial charge in [-0.05, 0) is 156 Å². The molecule has 69 heavy (non-hydrogen) atoms. The van der Waals surface area contributed by atoms with Gasteiger partial charge < -0.3 is 5.11 Å². The third-order valence-electron chi connectivity index (χ3n) is 13.4. The Morgan fingerprint density at radius 1 is 0.522 bits per heavy atom. The number of nitrogens with zero attached hydrogens (tertiary/aromatic N) is 3. The molecule has 0 amide bonds. The number of benzene rings is 6. The number of rotatable bonds is 8. The molecule has 0 aliphatic carbocycles. The van der Waals surface area contributed by atoms with Gasteiger partial charge in [0.1, 0.15) is 11.6 Å². The second kappa shape index (κ2) is 17.9. The van der Waals surface area contributed by atoms with Crippen LogP contribution in [0.4, 0.5) is 0 Å². The van der Waals surface area contributed by atoms with Crippen LogP contribution in [0.2, 0.25) is 0 Å². The van der Waals surface area contributed by atoms with E-state index in [9.17, 15) is 9.22 Å². The number of fused-ring (bicyclic) bond motifs is 1. The summed E-state index contributed by atoms with van der Waals surface area (Å²) in [5.74, 6) is 0.479. The van der Waals surface area contributed by atoms with Crippen molar-refractivity contribution >= 4 is 11.0 Å². The van der Waals surface area contributed by atoms with Crippen LogP contribution in [0.25, 0.3) is 72.7 Å². The molecule has 0 spiro atoms. The Morgan fingerprint density at radius 2 is 1.13 bits per heavy atom. The van der Waals surface area contributed by atoms with E-state index in [1.165, 1.54) is 24.3 Å². The first kappa shape index (κ1) is 35.8. The molecule has 0 bridgehead atoms. The SMILES string of the molecule is [2H]C([2H])([2H])c1cc(-c2cc(C(C)(C)C)cc(C(C)(C)C)c2)ccc1-n1c(-c2cc(C(C)C)cc(C(C)C)c2O)nc2c(-c3cc(-c4cc(-c5ccc(C(C([2H])([2H])[2H])(C([2H])([2H])[2H])C([2H])([2H])[2H])cc5)ccn4)cc(C(C)(C)C)c3)cccc21. The van der Waals surface area contributed by atoms with Crippen molar-refractivity contribution < 1.29 is 21.6 Å². The number of aromatic nitrogens is 3. The first-order valence-corrected chi connectivity index (χ1v) is 24.1. The van der Waals surface area contributed by atoms with Crippen molar-refractivity contribution in [2.75, 3.05) is 0 Å². The zero-order valence-electron chi connectivity index (χ0n) is 54.6. The van der Waals surface area contributed by atoms with Crippen LogP contribution < -0.4 is 0 Å². The Kier molecular flexibility index (Phi) is 9.30. The minimum atomic E-state index is -3.39. The largest absolute Gasteiger partial charge is 0.507 e. The molecule has 1 N–H and O–H groups in total. The van der Waals surface area contributed by atoms with Crippen molar-refractivity contribution in [3.05, 3.63) is 166 Å². The highest BCUT2D eigenvalue weighted by Gasteiger charge is 2.27. The van der Waals surface area contributed by atoms with Gasteiger partial charge in [0.15, 0.2) is 0 Å². The van der Waals surface area contributed by atoms with Crippen LogP contribution in [0, 0.1) is 6.85 Å². The summed E-state index contributed by atoms with van der Waals surface area (Å²) in [6, 6.07) is 37.6. The number of phenolic OH excluding ortho intramolecular Hbond substituents is 1. The molecule has 0 fully saturated rings. The molecule has 6 aromatic carbocycles. The lowest BCUT2D eigenvalue weighted by Crippen LogP contribution is -2.16. The van der Waals surface area contributed by atoms with Gasteiger partial charge >= 0.3 is 0 Å². The second-order valence-electron chi connectivity index (χ2n) is 22.6. The molecule has 356 valence electrons. The molecule has 0 saturated heterocycles. The van der Waals surface area contributed by atoms with Gasteiger partial charge in [0.2, 0.25) is 0 Å². The molecule has 4 nitrogen and oxygen atoms in total.